The van der Waals surface area contributed by atoms with E-state index in [0.717, 1.165) is 18.4 Å². The molecule has 0 saturated heterocycles. The molecular weight excluding hydrogens is 277 g/mol. The molecule has 104 valence electrons. The average molecular weight is 292 g/mol. The van der Waals surface area contributed by atoms with Crippen molar-refractivity contribution in [1.29, 1.82) is 0 Å². The molecule has 0 spiro atoms. The minimum atomic E-state index is -0.233. The van der Waals surface area contributed by atoms with Crippen LogP contribution in [0.5, 0.6) is 0 Å². The highest BCUT2D eigenvalue weighted by Crippen LogP contribution is 2.10. The fraction of sp³-hybridized carbons (Fsp3) is 0.188. The van der Waals surface area contributed by atoms with Gasteiger partial charge in [0.25, 0.3) is 5.91 Å². The van der Waals surface area contributed by atoms with Crippen LogP contribution in [0.25, 0.3) is 0 Å². The summed E-state index contributed by atoms with van der Waals surface area (Å²) in [5.74, 6) is -0.366. The molecule has 4 heteroatoms. The number of nitrogens with one attached hydrogen (secondary N) is 1. The van der Waals surface area contributed by atoms with Crippen LogP contribution < -0.4 is 5.32 Å². The van der Waals surface area contributed by atoms with Gasteiger partial charge in [-0.25, -0.2) is 4.39 Å². The molecule has 2 rings (SSSR count). The average Bonchev–Trinajstić information content (AvgIpc) is 2.45. The second-order valence-electron chi connectivity index (χ2n) is 4.50. The van der Waals surface area contributed by atoms with E-state index in [-0.39, 0.29) is 11.7 Å². The Kier molecular flexibility index (Phi) is 5.13. The Labute approximate surface area is 122 Å². The Bertz CT molecular complexity index is 583. The van der Waals surface area contributed by atoms with E-state index in [0.29, 0.717) is 17.1 Å². The van der Waals surface area contributed by atoms with Gasteiger partial charge in [0, 0.05) is 17.1 Å². The third-order valence-electron chi connectivity index (χ3n) is 2.93. The Morgan fingerprint density at radius 3 is 2.60 bits per heavy atom. The lowest BCUT2D eigenvalue weighted by Crippen LogP contribution is -2.24. The molecule has 0 saturated carbocycles. The van der Waals surface area contributed by atoms with Crippen LogP contribution in [-0.2, 0) is 6.42 Å². The molecule has 0 radical (unpaired) electrons. The standard InChI is InChI=1S/C16H15ClFNO/c17-14-5-1-4-13(11-14)16(20)19-10-2-3-12-6-8-15(18)9-7-12/h1,4-9,11H,2-3,10H2,(H,19,20). The quantitative estimate of drug-likeness (QED) is 0.833. The lowest BCUT2D eigenvalue weighted by molar-refractivity contribution is 0.0953. The lowest BCUT2D eigenvalue weighted by atomic mass is 10.1. The molecule has 0 heterocycles. The van der Waals surface area contributed by atoms with Gasteiger partial charge in [0.2, 0.25) is 0 Å². The molecule has 0 aliphatic heterocycles. The zero-order chi connectivity index (χ0) is 14.4. The van der Waals surface area contributed by atoms with Crippen LogP contribution in [0.15, 0.2) is 48.5 Å². The number of amides is 1. The molecule has 0 fully saturated rings. The Morgan fingerprint density at radius 1 is 1.15 bits per heavy atom. The molecule has 0 bridgehead atoms. The van der Waals surface area contributed by atoms with Crippen molar-refractivity contribution < 1.29 is 9.18 Å². The topological polar surface area (TPSA) is 29.1 Å². The van der Waals surface area contributed by atoms with Crippen LogP contribution in [-0.4, -0.2) is 12.5 Å². The Hall–Kier alpha value is -1.87. The summed E-state index contributed by atoms with van der Waals surface area (Å²) < 4.78 is 12.7. The van der Waals surface area contributed by atoms with Crippen LogP contribution in [0.3, 0.4) is 0 Å². The number of halogens is 2. The predicted molar refractivity (Wildman–Crippen MR) is 78.5 cm³/mol. The molecule has 0 aromatic heterocycles. The van der Waals surface area contributed by atoms with E-state index in [1.165, 1.54) is 12.1 Å². The molecule has 20 heavy (non-hydrogen) atoms. The van der Waals surface area contributed by atoms with E-state index < -0.39 is 0 Å². The molecule has 2 nitrogen and oxygen atoms in total. The van der Waals surface area contributed by atoms with Gasteiger partial charge in [0.1, 0.15) is 5.82 Å². The molecule has 1 amide bonds. The minimum absolute atomic E-state index is 0.133. The first-order valence-electron chi connectivity index (χ1n) is 6.43. The van der Waals surface area contributed by atoms with Gasteiger partial charge in [-0.05, 0) is 48.7 Å². The highest BCUT2D eigenvalue weighted by molar-refractivity contribution is 6.30. The van der Waals surface area contributed by atoms with Crippen molar-refractivity contribution in [2.24, 2.45) is 0 Å². The first kappa shape index (κ1) is 14.5. The summed E-state index contributed by atoms with van der Waals surface area (Å²) in [6, 6.07) is 13.2. The number of carbonyl (C=O) groups is 1. The monoisotopic (exact) mass is 291 g/mol. The number of aryl methyl sites for hydroxylation is 1. The van der Waals surface area contributed by atoms with E-state index in [1.807, 2.05) is 0 Å². The summed E-state index contributed by atoms with van der Waals surface area (Å²) in [5, 5.41) is 3.38. The predicted octanol–water partition coefficient (Wildman–Crippen LogP) is 3.84. The summed E-state index contributed by atoms with van der Waals surface area (Å²) in [7, 11) is 0. The van der Waals surface area contributed by atoms with Gasteiger partial charge in [0.05, 0.1) is 0 Å². The molecule has 2 aromatic rings. The molecule has 0 aliphatic rings. The van der Waals surface area contributed by atoms with Gasteiger partial charge >= 0.3 is 0 Å². The van der Waals surface area contributed by atoms with Gasteiger partial charge in [-0.1, -0.05) is 29.8 Å². The van der Waals surface area contributed by atoms with Crippen LogP contribution in [0, 0.1) is 5.82 Å². The van der Waals surface area contributed by atoms with E-state index >= 15 is 0 Å². The van der Waals surface area contributed by atoms with Crippen LogP contribution >= 0.6 is 11.6 Å². The molecule has 1 N–H and O–H groups in total. The number of hydrogen-bond acceptors (Lipinski definition) is 1. The van der Waals surface area contributed by atoms with Gasteiger partial charge in [0.15, 0.2) is 0 Å². The highest BCUT2D eigenvalue weighted by atomic mass is 35.5. The largest absolute Gasteiger partial charge is 0.352 e. The molecule has 0 aliphatic carbocycles. The number of benzene rings is 2. The van der Waals surface area contributed by atoms with Crippen LogP contribution in [0.1, 0.15) is 22.3 Å². The zero-order valence-electron chi connectivity index (χ0n) is 10.9. The minimum Gasteiger partial charge on any atom is -0.352 e. The van der Waals surface area contributed by atoms with Crippen LogP contribution in [0.4, 0.5) is 4.39 Å². The van der Waals surface area contributed by atoms with Crippen molar-refractivity contribution in [2.45, 2.75) is 12.8 Å². The maximum absolute atomic E-state index is 12.7. The maximum atomic E-state index is 12.7. The highest BCUT2D eigenvalue weighted by Gasteiger charge is 2.04. The zero-order valence-corrected chi connectivity index (χ0v) is 11.7. The van der Waals surface area contributed by atoms with Crippen molar-refractivity contribution in [3.8, 4) is 0 Å². The molecular formula is C16H15ClFNO. The van der Waals surface area contributed by atoms with E-state index in [4.69, 9.17) is 11.6 Å². The van der Waals surface area contributed by atoms with E-state index in [2.05, 4.69) is 5.32 Å². The van der Waals surface area contributed by atoms with Crippen molar-refractivity contribution in [1.82, 2.24) is 5.32 Å². The fourth-order valence-corrected chi connectivity index (χ4v) is 2.07. The normalized spacial score (nSPS) is 10.3. The summed E-state index contributed by atoms with van der Waals surface area (Å²) in [4.78, 5) is 11.8. The van der Waals surface area contributed by atoms with Crippen molar-refractivity contribution in [2.75, 3.05) is 6.54 Å². The summed E-state index contributed by atoms with van der Waals surface area (Å²) in [6.45, 7) is 0.572. The Morgan fingerprint density at radius 2 is 1.90 bits per heavy atom. The van der Waals surface area contributed by atoms with Crippen molar-refractivity contribution in [3.05, 3.63) is 70.5 Å². The van der Waals surface area contributed by atoms with Gasteiger partial charge in [-0.2, -0.15) is 0 Å². The molecule has 0 unspecified atom stereocenters. The van der Waals surface area contributed by atoms with Crippen molar-refractivity contribution >= 4 is 17.5 Å². The van der Waals surface area contributed by atoms with Gasteiger partial charge in [-0.15, -0.1) is 0 Å². The van der Waals surface area contributed by atoms with Crippen molar-refractivity contribution in [3.63, 3.8) is 0 Å². The first-order chi connectivity index (χ1) is 9.65. The van der Waals surface area contributed by atoms with Gasteiger partial charge in [-0.3, -0.25) is 4.79 Å². The second kappa shape index (κ2) is 7.06. The number of hydrogen-bond donors (Lipinski definition) is 1. The summed E-state index contributed by atoms with van der Waals surface area (Å²) in [6.07, 6.45) is 1.61. The second-order valence-corrected chi connectivity index (χ2v) is 4.93. The summed E-state index contributed by atoms with van der Waals surface area (Å²) >= 11 is 5.83. The fourth-order valence-electron chi connectivity index (χ4n) is 1.88. The maximum Gasteiger partial charge on any atom is 0.251 e. The Balaban J connectivity index is 1.76. The number of carbonyl (C=O) groups excluding carboxylic acids is 1. The van der Waals surface area contributed by atoms with E-state index in [1.54, 1.807) is 36.4 Å². The number of rotatable bonds is 5. The molecule has 0 atom stereocenters. The third kappa shape index (κ3) is 4.35. The third-order valence-corrected chi connectivity index (χ3v) is 3.16. The lowest BCUT2D eigenvalue weighted by Gasteiger charge is -2.06. The first-order valence-corrected chi connectivity index (χ1v) is 6.81. The van der Waals surface area contributed by atoms with E-state index in [9.17, 15) is 9.18 Å². The smallest absolute Gasteiger partial charge is 0.251 e. The SMILES string of the molecule is O=C(NCCCc1ccc(F)cc1)c1cccc(Cl)c1. The van der Waals surface area contributed by atoms with Crippen LogP contribution in [0.2, 0.25) is 5.02 Å². The van der Waals surface area contributed by atoms with Gasteiger partial charge < -0.3 is 5.32 Å². The molecule has 2 aromatic carbocycles. The summed E-state index contributed by atoms with van der Waals surface area (Å²) in [5.41, 5.74) is 1.61.